The second kappa shape index (κ2) is 7.13. The summed E-state index contributed by atoms with van der Waals surface area (Å²) in [6, 6.07) is 9.05. The number of hydrazone groups is 1. The molecular weight excluding hydrogens is 439 g/mol. The normalized spacial score (nSPS) is 18.1. The molecule has 0 atom stereocenters. The third kappa shape index (κ3) is 3.35. The Morgan fingerprint density at radius 2 is 1.93 bits per heavy atom. The van der Waals surface area contributed by atoms with Crippen molar-refractivity contribution >= 4 is 51.4 Å². The first-order valence-electron chi connectivity index (χ1n) is 8.59. The smallest absolute Gasteiger partial charge is 0.316 e. The van der Waals surface area contributed by atoms with Crippen molar-refractivity contribution in [3.63, 3.8) is 0 Å². The summed E-state index contributed by atoms with van der Waals surface area (Å²) in [6.07, 6.45) is -3.25. The van der Waals surface area contributed by atoms with E-state index < -0.39 is 23.0 Å². The molecule has 2 aromatic rings. The highest BCUT2D eigenvalue weighted by Crippen LogP contribution is 2.35. The lowest BCUT2D eigenvalue weighted by atomic mass is 10.1. The molecule has 154 valence electrons. The van der Waals surface area contributed by atoms with Crippen molar-refractivity contribution in [3.05, 3.63) is 57.9 Å². The molecule has 30 heavy (non-hydrogen) atoms. The molecule has 0 saturated heterocycles. The second-order valence-electron chi connectivity index (χ2n) is 6.54. The third-order valence-electron chi connectivity index (χ3n) is 4.56. The number of fused-ring (bicyclic) bond motifs is 1. The summed E-state index contributed by atoms with van der Waals surface area (Å²) in [5, 5.41) is 11.4. The Labute approximate surface area is 178 Å². The maximum absolute atomic E-state index is 12.9. The zero-order valence-electron chi connectivity index (χ0n) is 15.6. The van der Waals surface area contributed by atoms with E-state index >= 15 is 0 Å². The van der Waals surface area contributed by atoms with E-state index in [0.29, 0.717) is 10.6 Å². The van der Waals surface area contributed by atoms with Gasteiger partial charge in [-0.1, -0.05) is 23.7 Å². The predicted octanol–water partition coefficient (Wildman–Crippen LogP) is 4.93. The van der Waals surface area contributed by atoms with E-state index in [-0.39, 0.29) is 22.5 Å². The van der Waals surface area contributed by atoms with E-state index in [1.807, 2.05) is 36.6 Å². The van der Waals surface area contributed by atoms with E-state index in [1.54, 1.807) is 12.1 Å². The fourth-order valence-corrected chi connectivity index (χ4v) is 4.18. The summed E-state index contributed by atoms with van der Waals surface area (Å²) >= 11 is 6.52. The highest BCUT2D eigenvalue weighted by atomic mass is 35.5. The van der Waals surface area contributed by atoms with E-state index in [2.05, 4.69) is 10.1 Å². The minimum atomic E-state index is -4.68. The van der Waals surface area contributed by atoms with Crippen molar-refractivity contribution in [1.29, 1.82) is 5.41 Å². The van der Waals surface area contributed by atoms with Gasteiger partial charge in [0.25, 0.3) is 5.91 Å². The maximum atomic E-state index is 12.9. The summed E-state index contributed by atoms with van der Waals surface area (Å²) < 4.78 is 40.7. The van der Waals surface area contributed by atoms with Crippen molar-refractivity contribution < 1.29 is 18.0 Å². The van der Waals surface area contributed by atoms with Gasteiger partial charge in [-0.05, 0) is 55.4 Å². The van der Waals surface area contributed by atoms with Crippen LogP contribution in [0.25, 0.3) is 11.8 Å². The minimum absolute atomic E-state index is 0.147. The van der Waals surface area contributed by atoms with Crippen LogP contribution >= 0.6 is 23.4 Å². The van der Waals surface area contributed by atoms with E-state index in [4.69, 9.17) is 17.0 Å². The Kier molecular flexibility index (Phi) is 4.86. The molecular formula is C19H13ClF3N5OS. The molecule has 1 N–H and O–H groups in total. The molecule has 6 nitrogen and oxygen atoms in total. The molecule has 1 amide bonds. The van der Waals surface area contributed by atoms with Crippen LogP contribution in [0.15, 0.2) is 46.0 Å². The topological polar surface area (TPSA) is 73.8 Å². The average molecular weight is 452 g/mol. The highest BCUT2D eigenvalue weighted by Gasteiger charge is 2.46. The molecule has 0 fully saturated rings. The molecule has 11 heteroatoms. The van der Waals surface area contributed by atoms with E-state index in [1.165, 1.54) is 6.08 Å². The van der Waals surface area contributed by atoms with Gasteiger partial charge in [0.2, 0.25) is 10.2 Å². The van der Waals surface area contributed by atoms with Crippen LogP contribution in [0.3, 0.4) is 0 Å². The van der Waals surface area contributed by atoms with Gasteiger partial charge in [0.05, 0.1) is 16.3 Å². The Balaban J connectivity index is 1.76. The first kappa shape index (κ1) is 20.4. The van der Waals surface area contributed by atoms with Crippen molar-refractivity contribution in [3.8, 4) is 5.69 Å². The average Bonchev–Trinajstić information content (AvgIpc) is 3.21. The molecule has 1 aromatic carbocycles. The monoisotopic (exact) mass is 451 g/mol. The number of hydrogen-bond acceptors (Lipinski definition) is 4. The summed E-state index contributed by atoms with van der Waals surface area (Å²) in [5.74, 6) is -1.25. The van der Waals surface area contributed by atoms with Crippen LogP contribution in [0.1, 0.15) is 17.0 Å². The van der Waals surface area contributed by atoms with Crippen LogP contribution in [0.2, 0.25) is 5.02 Å². The number of nitrogens with one attached hydrogen (secondary N) is 1. The lowest BCUT2D eigenvalue weighted by Crippen LogP contribution is -2.35. The summed E-state index contributed by atoms with van der Waals surface area (Å²) in [7, 11) is 0. The number of alkyl halides is 3. The molecule has 0 unspecified atom stereocenters. The van der Waals surface area contributed by atoms with Gasteiger partial charge in [-0.15, -0.1) is 0 Å². The van der Waals surface area contributed by atoms with Crippen molar-refractivity contribution in [2.24, 2.45) is 10.1 Å². The molecule has 0 aliphatic carbocycles. The van der Waals surface area contributed by atoms with Gasteiger partial charge in [-0.25, -0.2) is 0 Å². The molecule has 0 saturated carbocycles. The summed E-state index contributed by atoms with van der Waals surface area (Å²) in [4.78, 5) is 16.1. The molecule has 2 aliphatic heterocycles. The number of amides is 1. The second-order valence-corrected chi connectivity index (χ2v) is 7.90. The number of nitrogens with zero attached hydrogens (tertiary/aromatic N) is 4. The van der Waals surface area contributed by atoms with E-state index in [9.17, 15) is 18.0 Å². The van der Waals surface area contributed by atoms with Gasteiger partial charge in [0.1, 0.15) is 0 Å². The van der Waals surface area contributed by atoms with E-state index in [0.717, 1.165) is 22.1 Å². The summed E-state index contributed by atoms with van der Waals surface area (Å²) in [5.41, 5.74) is 2.80. The van der Waals surface area contributed by atoms with Crippen molar-refractivity contribution in [2.45, 2.75) is 20.0 Å². The molecule has 0 spiro atoms. The van der Waals surface area contributed by atoms with Crippen LogP contribution in [0.4, 0.5) is 13.2 Å². The lowest BCUT2D eigenvalue weighted by Gasteiger charge is -2.20. The predicted molar refractivity (Wildman–Crippen MR) is 111 cm³/mol. The number of halogens is 4. The minimum Gasteiger partial charge on any atom is -0.316 e. The zero-order valence-corrected chi connectivity index (χ0v) is 17.2. The molecule has 3 heterocycles. The number of benzene rings is 1. The third-order valence-corrected chi connectivity index (χ3v) is 5.83. The van der Waals surface area contributed by atoms with Crippen LogP contribution < -0.4 is 0 Å². The number of amidine groups is 2. The highest BCUT2D eigenvalue weighted by molar-refractivity contribution is 8.27. The SMILES string of the molecule is Cc1cc(/C=C2\C(=N)N3N=C(C(F)(F)F)SC3=NC2=O)c(C)n1-c1ccccc1Cl. The van der Waals surface area contributed by atoms with Crippen LogP contribution in [-0.4, -0.2) is 37.7 Å². The van der Waals surface area contributed by atoms with Crippen LogP contribution in [0, 0.1) is 19.3 Å². The van der Waals surface area contributed by atoms with Gasteiger partial charge in [-0.3, -0.25) is 10.2 Å². The Hall–Kier alpha value is -2.85. The summed E-state index contributed by atoms with van der Waals surface area (Å²) in [6.45, 7) is 3.68. The molecule has 0 radical (unpaired) electrons. The number of rotatable bonds is 2. The fourth-order valence-electron chi connectivity index (χ4n) is 3.20. The number of carbonyl (C=O) groups is 1. The molecule has 2 aliphatic rings. The maximum Gasteiger partial charge on any atom is 0.441 e. The zero-order chi connectivity index (χ0) is 21.8. The number of aliphatic imine (C=N–C) groups is 1. The Bertz CT molecular complexity index is 1200. The van der Waals surface area contributed by atoms with Crippen molar-refractivity contribution in [1.82, 2.24) is 9.58 Å². The standard InChI is InChI=1S/C19H13ClF3N5OS/c1-9-7-11(10(2)27(9)14-6-4-3-5-13(14)20)8-12-15(24)28-18(25-16(12)29)30-17(26-28)19(21,22)23/h3-8,24H,1-2H3/b12-8+,24-15?. The molecule has 0 bridgehead atoms. The van der Waals surface area contributed by atoms with Gasteiger partial charge >= 0.3 is 6.18 Å². The first-order valence-corrected chi connectivity index (χ1v) is 9.78. The van der Waals surface area contributed by atoms with Gasteiger partial charge < -0.3 is 4.57 Å². The first-order chi connectivity index (χ1) is 14.1. The van der Waals surface area contributed by atoms with Gasteiger partial charge in [0, 0.05) is 11.4 Å². The lowest BCUT2D eigenvalue weighted by molar-refractivity contribution is -0.114. The quantitative estimate of drug-likeness (QED) is 0.658. The Morgan fingerprint density at radius 1 is 1.23 bits per heavy atom. The number of para-hydroxylation sites is 1. The Morgan fingerprint density at radius 3 is 2.60 bits per heavy atom. The number of hydrogen-bond donors (Lipinski definition) is 1. The van der Waals surface area contributed by atoms with Crippen LogP contribution in [-0.2, 0) is 4.79 Å². The molecule has 1 aromatic heterocycles. The largest absolute Gasteiger partial charge is 0.441 e. The number of thioether (sulfide) groups is 1. The van der Waals surface area contributed by atoms with Gasteiger partial charge in [-0.2, -0.15) is 28.3 Å². The fraction of sp³-hybridized carbons (Fsp3) is 0.158. The molecule has 4 rings (SSSR count). The van der Waals surface area contributed by atoms with Gasteiger partial charge in [0.15, 0.2) is 5.84 Å². The van der Waals surface area contributed by atoms with Crippen molar-refractivity contribution in [2.75, 3.05) is 0 Å². The number of aryl methyl sites for hydroxylation is 1. The number of carbonyl (C=O) groups excluding carboxylic acids is 1. The number of aromatic nitrogens is 1. The van der Waals surface area contributed by atoms with Crippen LogP contribution in [0.5, 0.6) is 0 Å².